The van der Waals surface area contributed by atoms with Crippen LogP contribution >= 0.6 is 0 Å². The Bertz CT molecular complexity index is 2190. The van der Waals surface area contributed by atoms with Crippen LogP contribution in [0.1, 0.15) is 88.2 Å². The van der Waals surface area contributed by atoms with Gasteiger partial charge in [-0.05, 0) is 57.9 Å². The summed E-state index contributed by atoms with van der Waals surface area (Å²) in [6.45, 7) is 6.37. The number of aliphatic hydroxyl groups is 2. The van der Waals surface area contributed by atoms with Crippen molar-refractivity contribution in [1.82, 2.24) is 4.98 Å². The number of hydrogen-bond acceptors (Lipinski definition) is 20. The molecule has 2 N–H and O–H groups in total. The predicted octanol–water partition coefficient (Wildman–Crippen LogP) is 1.27. The average Bonchev–Trinajstić information content (AvgIpc) is 3.42. The highest BCUT2D eigenvalue weighted by Gasteiger charge is 2.92. The maximum atomic E-state index is 14.5. The number of ether oxygens (including phenoxy) is 9. The van der Waals surface area contributed by atoms with E-state index >= 15 is 0 Å². The third-order valence-corrected chi connectivity index (χ3v) is 12.2. The average molecular weight is 884 g/mol. The summed E-state index contributed by atoms with van der Waals surface area (Å²) in [6.07, 6.45) is -12.0. The molecule has 1 aromatic heterocycles. The lowest BCUT2D eigenvalue weighted by molar-refractivity contribution is -0.386. The van der Waals surface area contributed by atoms with E-state index in [9.17, 15) is 48.6 Å². The van der Waals surface area contributed by atoms with Gasteiger partial charge >= 0.3 is 47.8 Å². The van der Waals surface area contributed by atoms with E-state index in [1.54, 1.807) is 6.07 Å². The van der Waals surface area contributed by atoms with Gasteiger partial charge in [-0.1, -0.05) is 18.2 Å². The number of benzene rings is 1. The van der Waals surface area contributed by atoms with Gasteiger partial charge in [0.15, 0.2) is 35.6 Å². The topological polar surface area (TPSA) is 273 Å². The third-order valence-electron chi connectivity index (χ3n) is 12.2. The number of pyridine rings is 1. The molecule has 12 atom stereocenters. The van der Waals surface area contributed by atoms with E-state index in [0.29, 0.717) is 0 Å². The number of nitrogens with zero attached hydrogens (tertiary/aromatic N) is 1. The molecule has 2 aliphatic heterocycles. The Kier molecular flexibility index (Phi) is 12.5. The van der Waals surface area contributed by atoms with Crippen molar-refractivity contribution in [3.05, 3.63) is 65.5 Å². The Morgan fingerprint density at radius 3 is 1.92 bits per heavy atom. The van der Waals surface area contributed by atoms with Crippen LogP contribution in [-0.4, -0.2) is 135 Å². The lowest BCUT2D eigenvalue weighted by Gasteiger charge is -2.67. The van der Waals surface area contributed by atoms with Crippen molar-refractivity contribution in [3.8, 4) is 0 Å². The first-order chi connectivity index (χ1) is 29.4. The van der Waals surface area contributed by atoms with E-state index in [0.717, 1.165) is 48.5 Å². The van der Waals surface area contributed by atoms with Gasteiger partial charge in [0.1, 0.15) is 42.0 Å². The van der Waals surface area contributed by atoms with Gasteiger partial charge in [-0.3, -0.25) is 29.0 Å². The number of cyclic esters (lactones) is 1. The second-order valence-electron chi connectivity index (χ2n) is 16.7. The van der Waals surface area contributed by atoms with Gasteiger partial charge in [0.25, 0.3) is 0 Å². The standard InChI is InChI=1S/C43H49NO19/c1-21(45)55-20-42-34(59-24(4)48)30(57-22(2)46)29-32(58-23(3)47)43(42)41(8,54)33(31(35(42)60-25(5)49)61-36(50)26-13-10-9-11-14-26)62-38(52)39(6,53)17-16-28-27(15-12-18-44-28)37(51)56-19-40(29,7)63-43/h9-15,18,29-35,53-54H,16-17,19-20H2,1-8H3/t29-,30+,31+,32-,33+,34+,35-,39+,40+,41-,42-,43+/m1/s1. The van der Waals surface area contributed by atoms with Gasteiger partial charge in [-0.2, -0.15) is 0 Å². The second kappa shape index (κ2) is 16.9. The molecule has 4 bridgehead atoms. The van der Waals surface area contributed by atoms with Crippen molar-refractivity contribution in [3.63, 3.8) is 0 Å². The highest BCUT2D eigenvalue weighted by Crippen LogP contribution is 2.70. The van der Waals surface area contributed by atoms with Crippen molar-refractivity contribution in [2.75, 3.05) is 13.2 Å². The molecule has 1 aromatic carbocycles. The van der Waals surface area contributed by atoms with E-state index < -0.39 is 138 Å². The van der Waals surface area contributed by atoms with Gasteiger partial charge in [-0.15, -0.1) is 0 Å². The van der Waals surface area contributed by atoms with Crippen LogP contribution in [0.25, 0.3) is 0 Å². The van der Waals surface area contributed by atoms with Gasteiger partial charge in [0.2, 0.25) is 0 Å². The Labute approximate surface area is 360 Å². The van der Waals surface area contributed by atoms with Gasteiger partial charge in [0.05, 0.1) is 22.7 Å². The van der Waals surface area contributed by atoms with Crippen LogP contribution in [0.2, 0.25) is 0 Å². The molecule has 340 valence electrons. The minimum Gasteiger partial charge on any atom is -0.465 e. The molecule has 2 saturated carbocycles. The summed E-state index contributed by atoms with van der Waals surface area (Å²) in [4.78, 5) is 113. The fourth-order valence-corrected chi connectivity index (χ4v) is 9.73. The number of carbonyl (C=O) groups is 8. The van der Waals surface area contributed by atoms with Crippen molar-refractivity contribution < 1.29 is 91.2 Å². The predicted molar refractivity (Wildman–Crippen MR) is 207 cm³/mol. The molecule has 4 aliphatic rings. The van der Waals surface area contributed by atoms with Crippen molar-refractivity contribution >= 4 is 47.8 Å². The van der Waals surface area contributed by atoms with E-state index in [1.165, 1.54) is 49.5 Å². The van der Waals surface area contributed by atoms with E-state index in [1.807, 2.05) is 0 Å². The van der Waals surface area contributed by atoms with Crippen LogP contribution in [0.3, 0.4) is 0 Å². The zero-order valence-corrected chi connectivity index (χ0v) is 35.8. The first-order valence-electron chi connectivity index (χ1n) is 20.0. The second-order valence-corrected chi connectivity index (χ2v) is 16.7. The molecule has 63 heavy (non-hydrogen) atoms. The monoisotopic (exact) mass is 883 g/mol. The van der Waals surface area contributed by atoms with Crippen LogP contribution in [0, 0.1) is 11.3 Å². The summed E-state index contributed by atoms with van der Waals surface area (Å²) in [6, 6.07) is 10.1. The molecule has 1 saturated heterocycles. The van der Waals surface area contributed by atoms with Crippen molar-refractivity contribution in [2.24, 2.45) is 11.3 Å². The molecule has 2 aromatic rings. The maximum Gasteiger partial charge on any atom is 0.340 e. The molecule has 20 nitrogen and oxygen atoms in total. The minimum absolute atomic E-state index is 0.0847. The summed E-state index contributed by atoms with van der Waals surface area (Å²) >= 11 is 0. The first-order valence-corrected chi connectivity index (χ1v) is 20.0. The molecule has 6 rings (SSSR count). The SMILES string of the molecule is CC(=O)OC[C@@]12[C@H](OC(C)=O)[C@@H](OC(=O)c3ccccc3)[C@@H]3OC(=O)[C@@](C)(O)CCc4ncccc4C(=O)OC[C@]4(C)O[C@@]1([C@H](OC(C)=O)[C@H]4[C@H](OC(C)=O)[C@@H]2OC(C)=O)[C@]3(C)O. The molecule has 20 heteroatoms. The van der Waals surface area contributed by atoms with E-state index in [2.05, 4.69) is 4.98 Å². The molecule has 1 spiro atoms. The van der Waals surface area contributed by atoms with Crippen molar-refractivity contribution in [1.29, 1.82) is 0 Å². The van der Waals surface area contributed by atoms with Crippen LogP contribution in [0.5, 0.6) is 0 Å². The molecule has 2 aliphatic carbocycles. The summed E-state index contributed by atoms with van der Waals surface area (Å²) in [5.41, 5.74) is -13.3. The number of rotatable bonds is 8. The smallest absolute Gasteiger partial charge is 0.340 e. The summed E-state index contributed by atoms with van der Waals surface area (Å²) in [5, 5.41) is 25.4. The Morgan fingerprint density at radius 2 is 1.33 bits per heavy atom. The van der Waals surface area contributed by atoms with E-state index in [-0.39, 0.29) is 23.2 Å². The quantitative estimate of drug-likeness (QED) is 0.279. The Morgan fingerprint density at radius 1 is 0.746 bits per heavy atom. The lowest BCUT2D eigenvalue weighted by Crippen LogP contribution is -2.89. The largest absolute Gasteiger partial charge is 0.465 e. The molecule has 0 unspecified atom stereocenters. The molecule has 3 heterocycles. The zero-order valence-electron chi connectivity index (χ0n) is 35.8. The Hall–Kier alpha value is -5.99. The number of aryl methyl sites for hydroxylation is 1. The summed E-state index contributed by atoms with van der Waals surface area (Å²) in [7, 11) is 0. The molecule has 3 fully saturated rings. The van der Waals surface area contributed by atoms with Gasteiger partial charge in [0, 0.05) is 40.8 Å². The number of hydrogen-bond donors (Lipinski definition) is 2. The normalized spacial score (nSPS) is 35.8. The highest BCUT2D eigenvalue weighted by atomic mass is 16.7. The number of aromatic nitrogens is 1. The fraction of sp³-hybridized carbons (Fsp3) is 0.558. The first kappa shape index (κ1) is 46.5. The maximum absolute atomic E-state index is 14.5. The van der Waals surface area contributed by atoms with Crippen LogP contribution in [0.4, 0.5) is 0 Å². The van der Waals surface area contributed by atoms with Crippen LogP contribution in [-0.2, 0) is 77.8 Å². The number of carbonyl (C=O) groups excluding carboxylic acids is 8. The third kappa shape index (κ3) is 7.99. The Balaban J connectivity index is 1.79. The van der Waals surface area contributed by atoms with Crippen LogP contribution < -0.4 is 0 Å². The molecule has 0 radical (unpaired) electrons. The van der Waals surface area contributed by atoms with Gasteiger partial charge < -0.3 is 52.8 Å². The van der Waals surface area contributed by atoms with Crippen molar-refractivity contribution in [2.45, 2.75) is 127 Å². The molecular formula is C43H49NO19. The number of fused-ring (bicyclic) bond motifs is 5. The minimum atomic E-state index is -2.98. The zero-order chi connectivity index (χ0) is 46.4. The van der Waals surface area contributed by atoms with E-state index in [4.69, 9.17) is 42.6 Å². The fourth-order valence-electron chi connectivity index (χ4n) is 9.73. The molecular weight excluding hydrogens is 834 g/mol. The number of esters is 8. The summed E-state index contributed by atoms with van der Waals surface area (Å²) in [5.74, 6) is -10.5. The molecule has 0 amide bonds. The summed E-state index contributed by atoms with van der Waals surface area (Å²) < 4.78 is 54.9. The lowest BCUT2D eigenvalue weighted by atomic mass is 9.45. The van der Waals surface area contributed by atoms with Crippen LogP contribution in [0.15, 0.2) is 48.7 Å². The highest BCUT2D eigenvalue weighted by molar-refractivity contribution is 5.91. The van der Waals surface area contributed by atoms with Gasteiger partial charge in [-0.25, -0.2) is 14.4 Å².